The van der Waals surface area contributed by atoms with Crippen molar-refractivity contribution < 1.29 is 4.42 Å². The highest BCUT2D eigenvalue weighted by Gasteiger charge is 2.29. The first-order valence-corrected chi connectivity index (χ1v) is 15.4. The molecule has 4 heteroatoms. The van der Waals surface area contributed by atoms with Gasteiger partial charge >= 0.3 is 0 Å². The molecule has 0 amide bonds. The number of aliphatic imine (C=N–C) groups is 1. The lowest BCUT2D eigenvalue weighted by Crippen LogP contribution is -2.45. The zero-order valence-corrected chi connectivity index (χ0v) is 24.4. The van der Waals surface area contributed by atoms with E-state index in [0.717, 1.165) is 55.6 Å². The number of para-hydroxylation sites is 1. The second-order valence-corrected chi connectivity index (χ2v) is 11.6. The Bertz CT molecular complexity index is 2390. The summed E-state index contributed by atoms with van der Waals surface area (Å²) in [7, 11) is 0. The van der Waals surface area contributed by atoms with Crippen molar-refractivity contribution in [3.05, 3.63) is 168 Å². The molecule has 2 atom stereocenters. The molecule has 2 N–H and O–H groups in total. The summed E-state index contributed by atoms with van der Waals surface area (Å²) in [6, 6.07) is 53.3. The van der Waals surface area contributed by atoms with Gasteiger partial charge in [-0.2, -0.15) is 0 Å². The fourth-order valence-corrected chi connectivity index (χ4v) is 6.82. The molecule has 214 valence electrons. The molecular weight excluding hydrogens is 550 g/mol. The van der Waals surface area contributed by atoms with Crippen LogP contribution in [-0.2, 0) is 0 Å². The van der Waals surface area contributed by atoms with Crippen LogP contribution in [0.3, 0.4) is 0 Å². The van der Waals surface area contributed by atoms with E-state index in [-0.39, 0.29) is 12.3 Å². The summed E-state index contributed by atoms with van der Waals surface area (Å²) in [5.74, 6) is 0.862. The molecule has 8 aromatic rings. The molecule has 7 aromatic carbocycles. The minimum absolute atomic E-state index is 0.250. The maximum Gasteiger partial charge on any atom is 0.136 e. The van der Waals surface area contributed by atoms with Gasteiger partial charge in [0.05, 0.1) is 0 Å². The van der Waals surface area contributed by atoms with E-state index < -0.39 is 0 Å². The fraction of sp³-hybridized carbons (Fsp3) is 0.0488. The average Bonchev–Trinajstić information content (AvgIpc) is 3.50. The summed E-state index contributed by atoms with van der Waals surface area (Å²) in [5.41, 5.74) is 7.32. The standard InChI is InChI=1S/C41H29N3O/c1-3-13-26(14-4-1)29-24-35(38-33-21-11-12-22-36(33)45-37(38)25-29)41-43-39(27-15-5-2-6-16-27)42-40(44-41)34-23-28-17-7-8-18-30(28)31-19-9-10-20-32(31)34/h1-25,39,41,43H,(H,42,44). The molecule has 0 bridgehead atoms. The SMILES string of the molecule is c1ccc(-c2cc(C3NC(c4cc5ccccc5c5ccccc45)=NC(c4ccccc4)N3)c3c(c2)oc2ccccc23)cc1. The van der Waals surface area contributed by atoms with E-state index in [1.54, 1.807) is 0 Å². The maximum absolute atomic E-state index is 6.49. The molecule has 2 heterocycles. The first-order chi connectivity index (χ1) is 22.3. The third-order valence-electron chi connectivity index (χ3n) is 8.93. The van der Waals surface area contributed by atoms with E-state index in [1.807, 2.05) is 18.2 Å². The minimum Gasteiger partial charge on any atom is -0.456 e. The zero-order valence-electron chi connectivity index (χ0n) is 24.4. The van der Waals surface area contributed by atoms with Gasteiger partial charge in [0.2, 0.25) is 0 Å². The van der Waals surface area contributed by atoms with Crippen molar-refractivity contribution in [2.24, 2.45) is 4.99 Å². The van der Waals surface area contributed by atoms with Crippen LogP contribution in [-0.4, -0.2) is 5.84 Å². The van der Waals surface area contributed by atoms with Gasteiger partial charge in [-0.25, -0.2) is 4.99 Å². The van der Waals surface area contributed by atoms with Crippen molar-refractivity contribution >= 4 is 49.3 Å². The van der Waals surface area contributed by atoms with Crippen LogP contribution in [0.5, 0.6) is 0 Å². The monoisotopic (exact) mass is 579 g/mol. The normalized spacial score (nSPS) is 16.7. The Morgan fingerprint density at radius 1 is 0.533 bits per heavy atom. The number of amidine groups is 1. The summed E-state index contributed by atoms with van der Waals surface area (Å²) in [6.07, 6.45) is -0.508. The molecule has 0 saturated carbocycles. The minimum atomic E-state index is -0.258. The lowest BCUT2D eigenvalue weighted by molar-refractivity contribution is 0.411. The molecule has 0 spiro atoms. The fourth-order valence-electron chi connectivity index (χ4n) is 6.82. The van der Waals surface area contributed by atoms with Crippen molar-refractivity contribution in [3.63, 3.8) is 0 Å². The Balaban J connectivity index is 1.29. The Hall–Kier alpha value is -5.71. The summed E-state index contributed by atoms with van der Waals surface area (Å²) in [5, 5.41) is 14.7. The molecule has 0 saturated heterocycles. The predicted octanol–water partition coefficient (Wildman–Crippen LogP) is 9.90. The molecular formula is C41H29N3O. The number of nitrogens with zero attached hydrogens (tertiary/aromatic N) is 1. The van der Waals surface area contributed by atoms with E-state index in [2.05, 4.69) is 144 Å². The molecule has 1 aliphatic heterocycles. The lowest BCUT2D eigenvalue weighted by atomic mass is 9.94. The van der Waals surface area contributed by atoms with Crippen molar-refractivity contribution in [3.8, 4) is 11.1 Å². The molecule has 4 nitrogen and oxygen atoms in total. The van der Waals surface area contributed by atoms with Gasteiger partial charge in [0, 0.05) is 21.9 Å². The Labute approximate surface area is 260 Å². The second kappa shape index (κ2) is 10.5. The number of hydrogen-bond donors (Lipinski definition) is 2. The largest absolute Gasteiger partial charge is 0.456 e. The van der Waals surface area contributed by atoms with Gasteiger partial charge in [0.15, 0.2) is 0 Å². The van der Waals surface area contributed by atoms with Gasteiger partial charge in [-0.3, -0.25) is 5.32 Å². The molecule has 1 aliphatic rings. The summed E-state index contributed by atoms with van der Waals surface area (Å²) in [6.45, 7) is 0. The second-order valence-electron chi connectivity index (χ2n) is 11.6. The summed E-state index contributed by atoms with van der Waals surface area (Å²) < 4.78 is 6.49. The molecule has 0 aliphatic carbocycles. The van der Waals surface area contributed by atoms with Crippen molar-refractivity contribution in [1.29, 1.82) is 0 Å². The van der Waals surface area contributed by atoms with Crippen LogP contribution in [0, 0.1) is 0 Å². The molecule has 45 heavy (non-hydrogen) atoms. The van der Waals surface area contributed by atoms with E-state index in [9.17, 15) is 0 Å². The smallest absolute Gasteiger partial charge is 0.136 e. The van der Waals surface area contributed by atoms with Crippen LogP contribution in [0.2, 0.25) is 0 Å². The number of benzene rings is 7. The van der Waals surface area contributed by atoms with Crippen LogP contribution in [0.4, 0.5) is 0 Å². The highest BCUT2D eigenvalue weighted by Crippen LogP contribution is 2.39. The van der Waals surface area contributed by atoms with E-state index in [4.69, 9.17) is 9.41 Å². The quantitative estimate of drug-likeness (QED) is 0.204. The summed E-state index contributed by atoms with van der Waals surface area (Å²) in [4.78, 5) is 5.34. The first kappa shape index (κ1) is 25.8. The Morgan fingerprint density at radius 3 is 2.02 bits per heavy atom. The van der Waals surface area contributed by atoms with Crippen molar-refractivity contribution in [1.82, 2.24) is 10.6 Å². The number of hydrogen-bond acceptors (Lipinski definition) is 4. The highest BCUT2D eigenvalue weighted by atomic mass is 16.3. The molecule has 0 fully saturated rings. The van der Waals surface area contributed by atoms with E-state index in [0.29, 0.717) is 0 Å². The average molecular weight is 580 g/mol. The lowest BCUT2D eigenvalue weighted by Gasteiger charge is -2.33. The predicted molar refractivity (Wildman–Crippen MR) is 185 cm³/mol. The number of nitrogens with one attached hydrogen (secondary N) is 2. The van der Waals surface area contributed by atoms with Crippen molar-refractivity contribution in [2.45, 2.75) is 12.3 Å². The Morgan fingerprint density at radius 2 is 1.20 bits per heavy atom. The van der Waals surface area contributed by atoms with Crippen LogP contribution < -0.4 is 10.6 Å². The van der Waals surface area contributed by atoms with Crippen molar-refractivity contribution in [2.75, 3.05) is 0 Å². The van der Waals surface area contributed by atoms with Gasteiger partial charge in [0.25, 0.3) is 0 Å². The van der Waals surface area contributed by atoms with Crippen LogP contribution in [0.15, 0.2) is 161 Å². The van der Waals surface area contributed by atoms with Gasteiger partial charge in [-0.05, 0) is 62.5 Å². The van der Waals surface area contributed by atoms with Gasteiger partial charge in [0.1, 0.15) is 29.3 Å². The third-order valence-corrected chi connectivity index (χ3v) is 8.93. The molecule has 2 unspecified atom stereocenters. The molecule has 9 rings (SSSR count). The molecule has 1 aromatic heterocycles. The zero-order chi connectivity index (χ0) is 29.7. The van der Waals surface area contributed by atoms with Gasteiger partial charge in [-0.15, -0.1) is 0 Å². The third kappa shape index (κ3) is 4.38. The number of furan rings is 1. The number of rotatable bonds is 4. The highest BCUT2D eigenvalue weighted by molar-refractivity contribution is 6.19. The summed E-state index contributed by atoms with van der Waals surface area (Å²) >= 11 is 0. The molecule has 0 radical (unpaired) electrons. The van der Waals surface area contributed by atoms with Crippen LogP contribution in [0.25, 0.3) is 54.6 Å². The van der Waals surface area contributed by atoms with Gasteiger partial charge in [-0.1, -0.05) is 127 Å². The first-order valence-electron chi connectivity index (χ1n) is 15.4. The van der Waals surface area contributed by atoms with Gasteiger partial charge < -0.3 is 9.73 Å². The van der Waals surface area contributed by atoms with E-state index >= 15 is 0 Å². The Kier molecular flexibility index (Phi) is 6.00. The van der Waals surface area contributed by atoms with E-state index in [1.165, 1.54) is 21.5 Å². The van der Waals surface area contributed by atoms with Crippen LogP contribution >= 0.6 is 0 Å². The topological polar surface area (TPSA) is 49.6 Å². The number of fused-ring (bicyclic) bond motifs is 6. The van der Waals surface area contributed by atoms with Crippen LogP contribution in [0.1, 0.15) is 29.0 Å². The maximum atomic E-state index is 6.49.